The Kier molecular flexibility index (Phi) is 10.1. The molecule has 0 heterocycles. The molecule has 5 nitrogen and oxygen atoms in total. The van der Waals surface area contributed by atoms with Crippen LogP contribution in [0, 0.1) is 0 Å². The minimum Gasteiger partial charge on any atom is -0.479 e. The minimum absolute atomic E-state index is 0.175. The van der Waals surface area contributed by atoms with Gasteiger partial charge in [0.2, 0.25) is 0 Å². The summed E-state index contributed by atoms with van der Waals surface area (Å²) in [5.74, 6) is -0.939. The normalized spacial score (nSPS) is 12.5. The lowest BCUT2D eigenvalue weighted by Gasteiger charge is -2.21. The number of hydrogen-bond donors (Lipinski definition) is 2. The monoisotopic (exact) mass is 477 g/mol. The van der Waals surface area contributed by atoms with E-state index in [9.17, 15) is 9.90 Å². The molecular formula is C28H31NO4S. The van der Waals surface area contributed by atoms with Crippen molar-refractivity contribution in [3.8, 4) is 0 Å². The quantitative estimate of drug-likeness (QED) is 0.337. The molecule has 0 saturated heterocycles. The smallest absolute Gasteiger partial charge is 0.333 e. The van der Waals surface area contributed by atoms with Gasteiger partial charge in [-0.3, -0.25) is 0 Å². The summed E-state index contributed by atoms with van der Waals surface area (Å²) in [6.45, 7) is 2.78. The van der Waals surface area contributed by atoms with Crippen LogP contribution in [0.15, 0.2) is 84.9 Å². The van der Waals surface area contributed by atoms with Gasteiger partial charge in [0, 0.05) is 19.6 Å². The summed E-state index contributed by atoms with van der Waals surface area (Å²) >= 11 is 5.47. The lowest BCUT2D eigenvalue weighted by Crippen LogP contribution is -2.26. The van der Waals surface area contributed by atoms with Crippen molar-refractivity contribution in [1.82, 2.24) is 5.32 Å². The lowest BCUT2D eigenvalue weighted by atomic mass is 9.99. The predicted octanol–water partition coefficient (Wildman–Crippen LogP) is 5.48. The average Bonchev–Trinajstić information content (AvgIpc) is 2.87. The van der Waals surface area contributed by atoms with Gasteiger partial charge in [-0.2, -0.15) is 0 Å². The van der Waals surface area contributed by atoms with E-state index in [0.717, 1.165) is 35.1 Å². The fourth-order valence-corrected chi connectivity index (χ4v) is 3.86. The van der Waals surface area contributed by atoms with Gasteiger partial charge in [0.25, 0.3) is 5.17 Å². The van der Waals surface area contributed by atoms with Gasteiger partial charge in [-0.25, -0.2) is 4.79 Å². The number of aliphatic carboxylic acids is 1. The van der Waals surface area contributed by atoms with Gasteiger partial charge >= 0.3 is 5.97 Å². The van der Waals surface area contributed by atoms with Crippen LogP contribution in [0.4, 0.5) is 0 Å². The molecule has 1 unspecified atom stereocenters. The summed E-state index contributed by atoms with van der Waals surface area (Å²) < 4.78 is 11.5. The lowest BCUT2D eigenvalue weighted by molar-refractivity contribution is -0.149. The summed E-state index contributed by atoms with van der Waals surface area (Å²) in [6.07, 6.45) is 0.907. The van der Waals surface area contributed by atoms with Crippen molar-refractivity contribution < 1.29 is 19.4 Å². The van der Waals surface area contributed by atoms with Crippen LogP contribution in [0.2, 0.25) is 0 Å². The van der Waals surface area contributed by atoms with Gasteiger partial charge in [0.05, 0.1) is 0 Å². The van der Waals surface area contributed by atoms with E-state index in [4.69, 9.17) is 21.7 Å². The second-order valence-electron chi connectivity index (χ2n) is 7.99. The fourth-order valence-electron chi connectivity index (χ4n) is 3.67. The number of benzene rings is 3. The zero-order valence-electron chi connectivity index (χ0n) is 19.4. The molecule has 6 heteroatoms. The molecule has 0 fully saturated rings. The van der Waals surface area contributed by atoms with Crippen molar-refractivity contribution in [2.75, 3.05) is 6.61 Å². The number of hydrogen-bond acceptors (Lipinski definition) is 4. The molecule has 0 saturated carbocycles. The number of nitrogens with one attached hydrogen (secondary N) is 1. The van der Waals surface area contributed by atoms with Crippen LogP contribution in [0.1, 0.15) is 41.7 Å². The third-order valence-corrected chi connectivity index (χ3v) is 5.72. The molecule has 0 aliphatic heterocycles. The van der Waals surface area contributed by atoms with Crippen LogP contribution in [-0.2, 0) is 33.7 Å². The van der Waals surface area contributed by atoms with E-state index in [1.54, 1.807) is 6.92 Å². The number of thiocarbonyl (C=S) groups is 1. The molecule has 3 rings (SSSR count). The number of carboxylic acids is 1. The summed E-state index contributed by atoms with van der Waals surface area (Å²) in [5.41, 5.74) is 4.30. The molecule has 0 radical (unpaired) electrons. The third kappa shape index (κ3) is 8.28. The number of carbonyl (C=O) groups is 1. The largest absolute Gasteiger partial charge is 0.479 e. The van der Waals surface area contributed by atoms with E-state index >= 15 is 0 Å². The first kappa shape index (κ1) is 25.4. The number of rotatable bonds is 12. The zero-order valence-corrected chi connectivity index (χ0v) is 20.2. The maximum atomic E-state index is 11.3. The fraction of sp³-hybridized carbons (Fsp3) is 0.286. The highest BCUT2D eigenvalue weighted by Crippen LogP contribution is 2.24. The molecule has 178 valence electrons. The first-order valence-corrected chi connectivity index (χ1v) is 11.9. The number of aryl methyl sites for hydroxylation is 1. The number of carboxylic acid groups (broad SMARTS) is 1. The Bertz CT molecular complexity index is 1030. The molecule has 0 aliphatic carbocycles. The number of ether oxygens (including phenoxy) is 2. The Morgan fingerprint density at radius 3 is 2.15 bits per heavy atom. The van der Waals surface area contributed by atoms with Gasteiger partial charge < -0.3 is 19.9 Å². The second kappa shape index (κ2) is 13.5. The van der Waals surface area contributed by atoms with E-state index in [2.05, 4.69) is 5.32 Å². The standard InChI is InChI=1S/C28H31NO4S/c1-2-32-26(27(30)31)19-22-15-13-21(14-16-22)17-18-25(24-11-7-4-8-12-24)33-28(34)29-20-23-9-5-3-6-10-23/h3-16,25-26H,2,17-20H2,1H3,(H,29,34)(H,30,31)/t25?,26-/m0/s1. The Hall–Kier alpha value is -3.22. The highest BCUT2D eigenvalue weighted by Gasteiger charge is 2.18. The SMILES string of the molecule is CCO[C@@H](Cc1ccc(CCC(OC(=S)NCc2ccccc2)c2ccccc2)cc1)C(=O)O. The molecule has 34 heavy (non-hydrogen) atoms. The van der Waals surface area contributed by atoms with Crippen LogP contribution < -0.4 is 5.32 Å². The molecule has 0 amide bonds. The molecule has 3 aromatic rings. The Morgan fingerprint density at radius 1 is 0.912 bits per heavy atom. The molecule has 2 N–H and O–H groups in total. The Morgan fingerprint density at radius 2 is 1.53 bits per heavy atom. The van der Waals surface area contributed by atoms with Crippen molar-refractivity contribution >= 4 is 23.4 Å². The Labute approximate surface area is 206 Å². The van der Waals surface area contributed by atoms with Gasteiger partial charge in [-0.05, 0) is 54.2 Å². The first-order chi connectivity index (χ1) is 16.5. The van der Waals surface area contributed by atoms with Crippen molar-refractivity contribution in [2.24, 2.45) is 0 Å². The van der Waals surface area contributed by atoms with Crippen molar-refractivity contribution in [2.45, 2.75) is 44.9 Å². The van der Waals surface area contributed by atoms with Crippen LogP contribution in [0.3, 0.4) is 0 Å². The molecule has 0 spiro atoms. The summed E-state index contributed by atoms with van der Waals surface area (Å²) in [4.78, 5) is 11.3. The first-order valence-electron chi connectivity index (χ1n) is 11.5. The van der Waals surface area contributed by atoms with Crippen molar-refractivity contribution in [3.63, 3.8) is 0 Å². The second-order valence-corrected chi connectivity index (χ2v) is 8.36. The molecule has 0 aromatic heterocycles. The average molecular weight is 478 g/mol. The highest BCUT2D eigenvalue weighted by molar-refractivity contribution is 7.80. The molecule has 0 aliphatic rings. The van der Waals surface area contributed by atoms with Gasteiger partial charge in [-0.15, -0.1) is 0 Å². The Balaban J connectivity index is 1.58. The molecule has 2 atom stereocenters. The zero-order chi connectivity index (χ0) is 24.2. The van der Waals surface area contributed by atoms with Crippen molar-refractivity contribution in [3.05, 3.63) is 107 Å². The molecular weight excluding hydrogens is 446 g/mol. The van der Waals surface area contributed by atoms with Crippen molar-refractivity contribution in [1.29, 1.82) is 0 Å². The van der Waals surface area contributed by atoms with E-state index in [0.29, 0.717) is 24.7 Å². The van der Waals surface area contributed by atoms with Gasteiger partial charge in [0.1, 0.15) is 6.10 Å². The topological polar surface area (TPSA) is 67.8 Å². The van der Waals surface area contributed by atoms with Crippen LogP contribution in [0.5, 0.6) is 0 Å². The maximum Gasteiger partial charge on any atom is 0.333 e. The predicted molar refractivity (Wildman–Crippen MR) is 138 cm³/mol. The van der Waals surface area contributed by atoms with Gasteiger partial charge in [0.15, 0.2) is 6.10 Å². The van der Waals surface area contributed by atoms with E-state index in [1.165, 1.54) is 0 Å². The summed E-state index contributed by atoms with van der Waals surface area (Å²) in [6, 6.07) is 28.2. The summed E-state index contributed by atoms with van der Waals surface area (Å²) in [7, 11) is 0. The van der Waals surface area contributed by atoms with Gasteiger partial charge in [-0.1, -0.05) is 84.9 Å². The van der Waals surface area contributed by atoms with Crippen LogP contribution in [-0.4, -0.2) is 29.0 Å². The summed E-state index contributed by atoms with van der Waals surface area (Å²) in [5, 5.41) is 12.9. The third-order valence-electron chi connectivity index (χ3n) is 5.48. The van der Waals surface area contributed by atoms with Crippen LogP contribution in [0.25, 0.3) is 0 Å². The maximum absolute atomic E-state index is 11.3. The van der Waals surface area contributed by atoms with Crippen LogP contribution >= 0.6 is 12.2 Å². The molecule has 0 bridgehead atoms. The van der Waals surface area contributed by atoms with E-state index in [-0.39, 0.29) is 6.10 Å². The molecule has 3 aromatic carbocycles. The minimum atomic E-state index is -0.939. The van der Waals surface area contributed by atoms with E-state index in [1.807, 2.05) is 84.9 Å². The van der Waals surface area contributed by atoms with E-state index < -0.39 is 12.1 Å². The highest BCUT2D eigenvalue weighted by atomic mass is 32.1.